The fourth-order valence-electron chi connectivity index (χ4n) is 3.63. The van der Waals surface area contributed by atoms with Gasteiger partial charge in [-0.3, -0.25) is 4.90 Å². The zero-order valence-corrected chi connectivity index (χ0v) is 13.2. The number of hydrogen-bond acceptors (Lipinski definition) is 4. The van der Waals surface area contributed by atoms with Gasteiger partial charge in [0.15, 0.2) is 0 Å². The number of anilines is 1. The highest BCUT2D eigenvalue weighted by Crippen LogP contribution is 2.37. The SMILES string of the molecule is CN(C)CCN1CC2CCC1CC2Oc1ccc(N)cc1. The van der Waals surface area contributed by atoms with E-state index < -0.39 is 0 Å². The summed E-state index contributed by atoms with van der Waals surface area (Å²) in [6.07, 6.45) is 4.19. The quantitative estimate of drug-likeness (QED) is 0.843. The van der Waals surface area contributed by atoms with E-state index in [1.54, 1.807) is 0 Å². The van der Waals surface area contributed by atoms with Crippen LogP contribution in [0.2, 0.25) is 0 Å². The highest BCUT2D eigenvalue weighted by molar-refractivity contribution is 5.41. The van der Waals surface area contributed by atoms with Gasteiger partial charge in [-0.05, 0) is 51.2 Å². The lowest BCUT2D eigenvalue weighted by atomic mass is 9.77. The molecule has 0 radical (unpaired) electrons. The molecule has 2 bridgehead atoms. The zero-order chi connectivity index (χ0) is 14.8. The summed E-state index contributed by atoms with van der Waals surface area (Å²) in [6, 6.07) is 8.51. The van der Waals surface area contributed by atoms with Crippen molar-refractivity contribution in [1.82, 2.24) is 9.80 Å². The van der Waals surface area contributed by atoms with Gasteiger partial charge >= 0.3 is 0 Å². The molecule has 2 N–H and O–H groups in total. The van der Waals surface area contributed by atoms with E-state index in [0.717, 1.165) is 18.0 Å². The average molecular weight is 289 g/mol. The van der Waals surface area contributed by atoms with E-state index in [2.05, 4.69) is 23.9 Å². The van der Waals surface area contributed by atoms with E-state index in [9.17, 15) is 0 Å². The Morgan fingerprint density at radius 2 is 2.00 bits per heavy atom. The first kappa shape index (κ1) is 14.7. The van der Waals surface area contributed by atoms with Gasteiger partial charge in [-0.1, -0.05) is 0 Å². The van der Waals surface area contributed by atoms with Crippen molar-refractivity contribution in [1.29, 1.82) is 0 Å². The summed E-state index contributed by atoms with van der Waals surface area (Å²) < 4.78 is 6.23. The summed E-state index contributed by atoms with van der Waals surface area (Å²) in [4.78, 5) is 4.93. The lowest BCUT2D eigenvalue weighted by Crippen LogP contribution is -2.56. The van der Waals surface area contributed by atoms with E-state index in [1.165, 1.54) is 32.4 Å². The number of nitrogen functional groups attached to an aromatic ring is 1. The lowest BCUT2D eigenvalue weighted by molar-refractivity contribution is -0.0383. The maximum Gasteiger partial charge on any atom is 0.119 e. The highest BCUT2D eigenvalue weighted by atomic mass is 16.5. The molecule has 1 saturated carbocycles. The van der Waals surface area contributed by atoms with Crippen LogP contribution in [0.5, 0.6) is 5.75 Å². The number of piperidine rings is 2. The summed E-state index contributed by atoms with van der Waals surface area (Å²) in [7, 11) is 4.30. The Balaban J connectivity index is 1.57. The van der Waals surface area contributed by atoms with Crippen molar-refractivity contribution >= 4 is 5.69 Å². The van der Waals surface area contributed by atoms with Crippen molar-refractivity contribution in [2.45, 2.75) is 31.4 Å². The molecule has 1 aliphatic carbocycles. The smallest absolute Gasteiger partial charge is 0.119 e. The molecule has 21 heavy (non-hydrogen) atoms. The number of rotatable bonds is 5. The fourth-order valence-corrected chi connectivity index (χ4v) is 3.63. The lowest BCUT2D eigenvalue weighted by Gasteiger charge is -2.49. The van der Waals surface area contributed by atoms with Crippen molar-refractivity contribution in [2.75, 3.05) is 39.5 Å². The fraction of sp³-hybridized carbons (Fsp3) is 0.647. The third-order valence-electron chi connectivity index (χ3n) is 4.89. The van der Waals surface area contributed by atoms with E-state index >= 15 is 0 Å². The second-order valence-electron chi connectivity index (χ2n) is 6.75. The Morgan fingerprint density at radius 3 is 2.62 bits per heavy atom. The van der Waals surface area contributed by atoms with Crippen LogP contribution in [0.1, 0.15) is 19.3 Å². The van der Waals surface area contributed by atoms with Gasteiger partial charge in [0.2, 0.25) is 0 Å². The van der Waals surface area contributed by atoms with Crippen molar-refractivity contribution in [3.05, 3.63) is 24.3 Å². The first-order chi connectivity index (χ1) is 10.1. The molecule has 1 aromatic carbocycles. The van der Waals surface area contributed by atoms with Crippen LogP contribution in [0.25, 0.3) is 0 Å². The first-order valence-corrected chi connectivity index (χ1v) is 8.03. The van der Waals surface area contributed by atoms with Gasteiger partial charge in [-0.25, -0.2) is 0 Å². The summed E-state index contributed by atoms with van der Waals surface area (Å²) in [6.45, 7) is 3.52. The van der Waals surface area contributed by atoms with Crippen LogP contribution in [-0.4, -0.2) is 55.7 Å². The molecule has 2 saturated heterocycles. The van der Waals surface area contributed by atoms with Crippen LogP contribution in [-0.2, 0) is 0 Å². The standard InChI is InChI=1S/C17H27N3O/c1-19(2)9-10-20-12-13-3-6-15(20)11-17(13)21-16-7-4-14(18)5-8-16/h4-5,7-8,13,15,17H,3,6,9-12,18H2,1-2H3. The molecular weight excluding hydrogens is 262 g/mol. The van der Waals surface area contributed by atoms with E-state index in [0.29, 0.717) is 18.1 Å². The monoisotopic (exact) mass is 289 g/mol. The molecule has 0 aromatic heterocycles. The minimum absolute atomic E-state index is 0.378. The molecule has 3 aliphatic rings. The summed E-state index contributed by atoms with van der Waals surface area (Å²) in [5.41, 5.74) is 6.52. The number of nitrogens with two attached hydrogens (primary N) is 1. The second kappa shape index (κ2) is 6.24. The molecule has 2 heterocycles. The molecule has 4 heteroatoms. The molecule has 4 nitrogen and oxygen atoms in total. The predicted octanol–water partition coefficient (Wildman–Crippen LogP) is 2.06. The zero-order valence-electron chi connectivity index (χ0n) is 13.2. The van der Waals surface area contributed by atoms with Gasteiger partial charge in [0.25, 0.3) is 0 Å². The first-order valence-electron chi connectivity index (χ1n) is 8.03. The molecule has 4 rings (SSSR count). The number of likely N-dealkylation sites (N-methyl/N-ethyl adjacent to an activating group) is 1. The Hall–Kier alpha value is -1.26. The number of fused-ring (bicyclic) bond motifs is 3. The minimum atomic E-state index is 0.378. The van der Waals surface area contributed by atoms with Gasteiger partial charge in [-0.2, -0.15) is 0 Å². The van der Waals surface area contributed by atoms with Crippen molar-refractivity contribution in [3.63, 3.8) is 0 Å². The van der Waals surface area contributed by atoms with Gasteiger partial charge in [-0.15, -0.1) is 0 Å². The molecule has 2 aliphatic heterocycles. The maximum atomic E-state index is 6.23. The van der Waals surface area contributed by atoms with Gasteiger partial charge < -0.3 is 15.4 Å². The maximum absolute atomic E-state index is 6.23. The predicted molar refractivity (Wildman–Crippen MR) is 86.5 cm³/mol. The normalized spacial score (nSPS) is 29.0. The Kier molecular flexibility index (Phi) is 4.36. The van der Waals surface area contributed by atoms with Crippen LogP contribution >= 0.6 is 0 Å². The molecule has 0 spiro atoms. The van der Waals surface area contributed by atoms with Gasteiger partial charge in [0.05, 0.1) is 0 Å². The van der Waals surface area contributed by atoms with Crippen molar-refractivity contribution in [3.8, 4) is 5.75 Å². The number of ether oxygens (including phenoxy) is 1. The Labute approximate surface area is 127 Å². The van der Waals surface area contributed by atoms with Gasteiger partial charge in [0, 0.05) is 43.7 Å². The molecular formula is C17H27N3O. The van der Waals surface area contributed by atoms with Crippen LogP contribution in [0, 0.1) is 5.92 Å². The molecule has 0 amide bonds. The molecule has 3 unspecified atom stereocenters. The topological polar surface area (TPSA) is 41.7 Å². The van der Waals surface area contributed by atoms with E-state index in [-0.39, 0.29) is 0 Å². The summed E-state index contributed by atoms with van der Waals surface area (Å²) >= 11 is 0. The third kappa shape index (κ3) is 3.50. The third-order valence-corrected chi connectivity index (χ3v) is 4.89. The highest BCUT2D eigenvalue weighted by Gasteiger charge is 2.41. The van der Waals surface area contributed by atoms with Crippen LogP contribution < -0.4 is 10.5 Å². The van der Waals surface area contributed by atoms with E-state index in [4.69, 9.17) is 10.5 Å². The molecule has 3 atom stereocenters. The number of nitrogens with zero attached hydrogens (tertiary/aromatic N) is 2. The Morgan fingerprint density at radius 1 is 1.24 bits per heavy atom. The summed E-state index contributed by atoms with van der Waals surface area (Å²) in [5, 5.41) is 0. The largest absolute Gasteiger partial charge is 0.490 e. The van der Waals surface area contributed by atoms with Crippen molar-refractivity contribution in [2.24, 2.45) is 5.92 Å². The average Bonchev–Trinajstić information content (AvgIpc) is 2.48. The van der Waals surface area contributed by atoms with Crippen molar-refractivity contribution < 1.29 is 4.74 Å². The number of hydrogen-bond donors (Lipinski definition) is 1. The number of benzene rings is 1. The van der Waals surface area contributed by atoms with Crippen LogP contribution in [0.15, 0.2) is 24.3 Å². The Bertz CT molecular complexity index is 460. The molecule has 116 valence electrons. The van der Waals surface area contributed by atoms with E-state index in [1.807, 2.05) is 24.3 Å². The second-order valence-corrected chi connectivity index (χ2v) is 6.75. The van der Waals surface area contributed by atoms with Gasteiger partial charge in [0.1, 0.15) is 11.9 Å². The summed E-state index contributed by atoms with van der Waals surface area (Å²) in [5.74, 6) is 1.64. The molecule has 1 aromatic rings. The molecule has 3 fully saturated rings. The minimum Gasteiger partial charge on any atom is -0.490 e. The van der Waals surface area contributed by atoms with Crippen LogP contribution in [0.3, 0.4) is 0 Å². The van der Waals surface area contributed by atoms with Crippen LogP contribution in [0.4, 0.5) is 5.69 Å².